The van der Waals surface area contributed by atoms with Gasteiger partial charge in [0.2, 0.25) is 0 Å². The Morgan fingerprint density at radius 3 is 2.39 bits per heavy atom. The van der Waals surface area contributed by atoms with Gasteiger partial charge in [0, 0.05) is 25.3 Å². The highest BCUT2D eigenvalue weighted by atomic mass is 19.4. The number of para-hydroxylation sites is 1. The van der Waals surface area contributed by atoms with E-state index in [-0.39, 0.29) is 5.69 Å². The summed E-state index contributed by atoms with van der Waals surface area (Å²) in [6.45, 7) is 3.81. The molecule has 0 amide bonds. The predicted molar refractivity (Wildman–Crippen MR) is 67.9 cm³/mol. The van der Waals surface area contributed by atoms with E-state index in [1.54, 1.807) is 18.0 Å². The SMILES string of the molecule is CCCN(CCNC)c1ccccc1C(F)(F)F. The number of halogens is 3. The first kappa shape index (κ1) is 14.8. The fourth-order valence-corrected chi connectivity index (χ4v) is 1.86. The molecule has 1 aromatic carbocycles. The Morgan fingerprint density at radius 1 is 1.17 bits per heavy atom. The van der Waals surface area contributed by atoms with Crippen LogP contribution in [0.3, 0.4) is 0 Å². The number of hydrogen-bond donors (Lipinski definition) is 1. The monoisotopic (exact) mass is 260 g/mol. The van der Waals surface area contributed by atoms with Gasteiger partial charge in [-0.3, -0.25) is 0 Å². The van der Waals surface area contributed by atoms with Gasteiger partial charge in [0.15, 0.2) is 0 Å². The summed E-state index contributed by atoms with van der Waals surface area (Å²) >= 11 is 0. The first-order valence-electron chi connectivity index (χ1n) is 6.06. The van der Waals surface area contributed by atoms with Crippen LogP contribution in [-0.4, -0.2) is 26.7 Å². The Hall–Kier alpha value is -1.23. The summed E-state index contributed by atoms with van der Waals surface area (Å²) in [5, 5.41) is 2.96. The quantitative estimate of drug-likeness (QED) is 0.845. The second-order valence-corrected chi connectivity index (χ2v) is 4.11. The molecule has 0 aliphatic heterocycles. The largest absolute Gasteiger partial charge is 0.418 e. The molecule has 0 saturated heterocycles. The van der Waals surface area contributed by atoms with Gasteiger partial charge in [-0.2, -0.15) is 13.2 Å². The lowest BCUT2D eigenvalue weighted by molar-refractivity contribution is -0.137. The summed E-state index contributed by atoms with van der Waals surface area (Å²) < 4.78 is 38.8. The second-order valence-electron chi connectivity index (χ2n) is 4.11. The molecular formula is C13H19F3N2. The third-order valence-corrected chi connectivity index (χ3v) is 2.68. The van der Waals surface area contributed by atoms with Gasteiger partial charge in [-0.25, -0.2) is 0 Å². The lowest BCUT2D eigenvalue weighted by Gasteiger charge is -2.27. The van der Waals surface area contributed by atoms with Crippen molar-refractivity contribution in [3.05, 3.63) is 29.8 Å². The number of nitrogens with zero attached hydrogens (tertiary/aromatic N) is 1. The summed E-state index contributed by atoms with van der Waals surface area (Å²) in [6.07, 6.45) is -3.49. The minimum Gasteiger partial charge on any atom is -0.370 e. The molecular weight excluding hydrogens is 241 g/mol. The molecule has 5 heteroatoms. The minimum atomic E-state index is -4.30. The average Bonchev–Trinajstić information content (AvgIpc) is 2.33. The summed E-state index contributed by atoms with van der Waals surface area (Å²) in [6, 6.07) is 5.74. The summed E-state index contributed by atoms with van der Waals surface area (Å²) in [5.74, 6) is 0. The molecule has 0 bridgehead atoms. The smallest absolute Gasteiger partial charge is 0.370 e. The molecule has 0 saturated carbocycles. The predicted octanol–water partition coefficient (Wildman–Crippen LogP) is 3.14. The van der Waals surface area contributed by atoms with Gasteiger partial charge in [0.25, 0.3) is 0 Å². The first-order chi connectivity index (χ1) is 8.50. The molecule has 0 fully saturated rings. The van der Waals surface area contributed by atoms with E-state index < -0.39 is 11.7 Å². The van der Waals surface area contributed by atoms with Gasteiger partial charge in [0.1, 0.15) is 0 Å². The van der Waals surface area contributed by atoms with Gasteiger partial charge < -0.3 is 10.2 Å². The van der Waals surface area contributed by atoms with Crippen molar-refractivity contribution in [1.29, 1.82) is 0 Å². The van der Waals surface area contributed by atoms with Gasteiger partial charge in [-0.1, -0.05) is 19.1 Å². The van der Waals surface area contributed by atoms with Crippen molar-refractivity contribution in [1.82, 2.24) is 5.32 Å². The Kier molecular flexibility index (Phi) is 5.47. The summed E-state index contributed by atoms with van der Waals surface area (Å²) in [4.78, 5) is 1.78. The van der Waals surface area contributed by atoms with E-state index in [0.717, 1.165) is 12.5 Å². The Labute approximate surface area is 106 Å². The third-order valence-electron chi connectivity index (χ3n) is 2.68. The van der Waals surface area contributed by atoms with E-state index >= 15 is 0 Å². The summed E-state index contributed by atoms with van der Waals surface area (Å²) in [5.41, 5.74) is -0.295. The number of alkyl halides is 3. The van der Waals surface area contributed by atoms with Crippen molar-refractivity contribution in [3.63, 3.8) is 0 Å². The van der Waals surface area contributed by atoms with Crippen molar-refractivity contribution in [2.24, 2.45) is 0 Å². The van der Waals surface area contributed by atoms with Crippen molar-refractivity contribution in [2.45, 2.75) is 19.5 Å². The van der Waals surface area contributed by atoms with Gasteiger partial charge in [0.05, 0.1) is 5.56 Å². The van der Waals surface area contributed by atoms with Crippen LogP contribution < -0.4 is 10.2 Å². The zero-order valence-corrected chi connectivity index (χ0v) is 10.7. The topological polar surface area (TPSA) is 15.3 Å². The highest BCUT2D eigenvalue weighted by Gasteiger charge is 2.34. The molecule has 1 aromatic rings. The van der Waals surface area contributed by atoms with Crippen LogP contribution in [0.2, 0.25) is 0 Å². The lowest BCUT2D eigenvalue weighted by Crippen LogP contribution is -2.33. The Bertz CT molecular complexity index is 363. The van der Waals surface area contributed by atoms with E-state index in [1.165, 1.54) is 12.1 Å². The van der Waals surface area contributed by atoms with Crippen LogP contribution >= 0.6 is 0 Å². The van der Waals surface area contributed by atoms with E-state index in [2.05, 4.69) is 5.32 Å². The zero-order valence-electron chi connectivity index (χ0n) is 10.7. The first-order valence-corrected chi connectivity index (χ1v) is 6.06. The van der Waals surface area contributed by atoms with Crippen LogP contribution in [0.15, 0.2) is 24.3 Å². The highest BCUT2D eigenvalue weighted by Crippen LogP contribution is 2.36. The van der Waals surface area contributed by atoms with E-state index in [9.17, 15) is 13.2 Å². The minimum absolute atomic E-state index is 0.266. The third kappa shape index (κ3) is 3.91. The molecule has 0 unspecified atom stereocenters. The average molecular weight is 260 g/mol. The van der Waals surface area contributed by atoms with Crippen molar-refractivity contribution in [2.75, 3.05) is 31.6 Å². The lowest BCUT2D eigenvalue weighted by atomic mass is 10.1. The number of hydrogen-bond acceptors (Lipinski definition) is 2. The van der Waals surface area contributed by atoms with E-state index in [1.807, 2.05) is 6.92 Å². The number of likely N-dealkylation sites (N-methyl/N-ethyl adjacent to an activating group) is 1. The maximum atomic E-state index is 12.9. The molecule has 2 nitrogen and oxygen atoms in total. The van der Waals surface area contributed by atoms with Crippen LogP contribution in [0.5, 0.6) is 0 Å². The standard InChI is InChI=1S/C13H19F3N2/c1-3-9-18(10-8-17-2)12-7-5-4-6-11(12)13(14,15)16/h4-7,17H,3,8-10H2,1-2H3. The van der Waals surface area contributed by atoms with Crippen LogP contribution in [0, 0.1) is 0 Å². The number of benzene rings is 1. The Morgan fingerprint density at radius 2 is 1.83 bits per heavy atom. The number of anilines is 1. The van der Waals surface area contributed by atoms with E-state index in [0.29, 0.717) is 19.6 Å². The van der Waals surface area contributed by atoms with Crippen LogP contribution in [0.1, 0.15) is 18.9 Å². The van der Waals surface area contributed by atoms with Crippen molar-refractivity contribution >= 4 is 5.69 Å². The van der Waals surface area contributed by atoms with Gasteiger partial charge in [-0.15, -0.1) is 0 Å². The molecule has 102 valence electrons. The summed E-state index contributed by atoms with van der Waals surface area (Å²) in [7, 11) is 1.79. The normalized spacial score (nSPS) is 11.6. The number of rotatable bonds is 6. The van der Waals surface area contributed by atoms with Crippen LogP contribution in [0.25, 0.3) is 0 Å². The number of nitrogens with one attached hydrogen (secondary N) is 1. The molecule has 0 spiro atoms. The molecule has 18 heavy (non-hydrogen) atoms. The molecule has 0 heterocycles. The fraction of sp³-hybridized carbons (Fsp3) is 0.538. The van der Waals surface area contributed by atoms with Crippen molar-refractivity contribution < 1.29 is 13.2 Å². The molecule has 0 aromatic heterocycles. The van der Waals surface area contributed by atoms with E-state index in [4.69, 9.17) is 0 Å². The van der Waals surface area contributed by atoms with Crippen LogP contribution in [-0.2, 0) is 6.18 Å². The van der Waals surface area contributed by atoms with Gasteiger partial charge >= 0.3 is 6.18 Å². The second kappa shape index (κ2) is 6.64. The zero-order chi connectivity index (χ0) is 13.6. The molecule has 0 aliphatic rings. The maximum absolute atomic E-state index is 12.9. The molecule has 0 aliphatic carbocycles. The molecule has 0 atom stereocenters. The van der Waals surface area contributed by atoms with Gasteiger partial charge in [-0.05, 0) is 25.6 Å². The van der Waals surface area contributed by atoms with Crippen molar-refractivity contribution in [3.8, 4) is 0 Å². The Balaban J connectivity index is 3.03. The maximum Gasteiger partial charge on any atom is 0.418 e. The molecule has 0 radical (unpaired) electrons. The fourth-order valence-electron chi connectivity index (χ4n) is 1.86. The highest BCUT2D eigenvalue weighted by molar-refractivity contribution is 5.55. The molecule has 1 N–H and O–H groups in total. The van der Waals surface area contributed by atoms with Crippen LogP contribution in [0.4, 0.5) is 18.9 Å². The molecule has 1 rings (SSSR count).